The summed E-state index contributed by atoms with van der Waals surface area (Å²) in [6, 6.07) is 9.81. The summed E-state index contributed by atoms with van der Waals surface area (Å²) < 4.78 is 5.48. The normalized spacial score (nSPS) is 20.1. The Labute approximate surface area is 184 Å². The molecule has 166 valence electrons. The molecule has 1 atom stereocenters. The van der Waals surface area contributed by atoms with E-state index in [1.807, 2.05) is 54.0 Å². The van der Waals surface area contributed by atoms with Crippen LogP contribution in [0.15, 0.2) is 30.3 Å². The number of para-hydroxylation sites is 1. The number of nitrogens with zero attached hydrogens (tertiary/aromatic N) is 4. The van der Waals surface area contributed by atoms with E-state index in [-0.39, 0.29) is 30.4 Å². The van der Waals surface area contributed by atoms with Crippen molar-refractivity contribution in [3.05, 3.63) is 41.6 Å². The Hall–Kier alpha value is -2.51. The van der Waals surface area contributed by atoms with Crippen LogP contribution >= 0.6 is 0 Å². The number of benzene rings is 1. The fourth-order valence-corrected chi connectivity index (χ4v) is 4.32. The van der Waals surface area contributed by atoms with Crippen LogP contribution in [0.5, 0.6) is 0 Å². The number of likely N-dealkylation sites (N-methyl/N-ethyl adjacent to an activating group) is 1. The number of hydrogen-bond acceptors (Lipinski definition) is 5. The number of pyridine rings is 1. The first kappa shape index (κ1) is 21.7. The highest BCUT2D eigenvalue weighted by atomic mass is 16.5. The smallest absolute Gasteiger partial charge is 0.254 e. The summed E-state index contributed by atoms with van der Waals surface area (Å²) in [5.74, 6) is 0.224. The summed E-state index contributed by atoms with van der Waals surface area (Å²) in [6.45, 7) is 8.54. The molecule has 0 saturated carbocycles. The van der Waals surface area contributed by atoms with Gasteiger partial charge < -0.3 is 19.4 Å². The molecule has 7 nitrogen and oxygen atoms in total. The summed E-state index contributed by atoms with van der Waals surface area (Å²) in [7, 11) is 2.08. The van der Waals surface area contributed by atoms with Gasteiger partial charge in [0.05, 0.1) is 17.2 Å². The second-order valence-corrected chi connectivity index (χ2v) is 8.89. The number of piperazine rings is 1. The Morgan fingerprint density at radius 3 is 2.58 bits per heavy atom. The van der Waals surface area contributed by atoms with Crippen LogP contribution in [0, 0.1) is 0 Å². The molecule has 2 aromatic rings. The van der Waals surface area contributed by atoms with Crippen molar-refractivity contribution in [3.8, 4) is 0 Å². The molecule has 0 N–H and O–H groups in total. The minimum Gasteiger partial charge on any atom is -0.369 e. The van der Waals surface area contributed by atoms with Crippen LogP contribution in [-0.2, 0) is 9.53 Å². The lowest BCUT2D eigenvalue weighted by molar-refractivity contribution is -0.136. The lowest BCUT2D eigenvalue weighted by Crippen LogP contribution is -2.47. The zero-order valence-electron chi connectivity index (χ0n) is 18.7. The Bertz CT molecular complexity index is 953. The molecule has 0 bridgehead atoms. The van der Waals surface area contributed by atoms with Gasteiger partial charge in [0, 0.05) is 56.3 Å². The van der Waals surface area contributed by atoms with Gasteiger partial charge in [0.1, 0.15) is 6.61 Å². The third kappa shape index (κ3) is 4.88. The van der Waals surface area contributed by atoms with E-state index in [1.165, 1.54) is 0 Å². The van der Waals surface area contributed by atoms with Gasteiger partial charge in [-0.3, -0.25) is 14.6 Å². The average Bonchev–Trinajstić information content (AvgIpc) is 3.27. The van der Waals surface area contributed by atoms with Gasteiger partial charge in [0.2, 0.25) is 5.91 Å². The number of rotatable bonds is 5. The van der Waals surface area contributed by atoms with Crippen LogP contribution in [-0.4, -0.2) is 90.5 Å². The quantitative estimate of drug-likeness (QED) is 0.737. The van der Waals surface area contributed by atoms with E-state index in [4.69, 9.17) is 9.72 Å². The summed E-state index contributed by atoms with van der Waals surface area (Å²) in [6.07, 6.45) is 0.883. The lowest BCUT2D eigenvalue weighted by atomic mass is 9.98. The molecule has 2 fully saturated rings. The number of carbonyl (C=O) groups excluding carboxylic acids is 2. The molecule has 3 heterocycles. The standard InChI is InChI=1S/C24H32N4O3/c1-17(2)31-16-23(29)28-9-8-18(15-28)22-14-20(19-6-4-5-7-21(19)25-22)24(30)27-12-10-26(3)11-13-27/h4-7,14,17-18H,8-13,15-16H2,1-3H3. The number of fused-ring (bicyclic) bond motifs is 1. The van der Waals surface area contributed by atoms with Crippen molar-refractivity contribution in [1.29, 1.82) is 0 Å². The molecule has 7 heteroatoms. The van der Waals surface area contributed by atoms with E-state index < -0.39 is 0 Å². The second-order valence-electron chi connectivity index (χ2n) is 8.89. The highest BCUT2D eigenvalue weighted by Crippen LogP contribution is 2.30. The molecule has 2 saturated heterocycles. The van der Waals surface area contributed by atoms with E-state index in [2.05, 4.69) is 11.9 Å². The number of ether oxygens (including phenoxy) is 1. The third-order valence-corrected chi connectivity index (χ3v) is 6.26. The van der Waals surface area contributed by atoms with Crippen molar-refractivity contribution in [3.63, 3.8) is 0 Å². The maximum absolute atomic E-state index is 13.4. The minimum absolute atomic E-state index is 0.0192. The fourth-order valence-electron chi connectivity index (χ4n) is 4.32. The first-order valence-corrected chi connectivity index (χ1v) is 11.2. The zero-order valence-corrected chi connectivity index (χ0v) is 18.7. The van der Waals surface area contributed by atoms with E-state index >= 15 is 0 Å². The molecular weight excluding hydrogens is 392 g/mol. The molecule has 2 aliphatic rings. The monoisotopic (exact) mass is 424 g/mol. The molecule has 1 unspecified atom stereocenters. The van der Waals surface area contributed by atoms with Gasteiger partial charge in [-0.2, -0.15) is 0 Å². The molecule has 0 spiro atoms. The number of aromatic nitrogens is 1. The summed E-state index contributed by atoms with van der Waals surface area (Å²) in [5.41, 5.74) is 2.46. The van der Waals surface area contributed by atoms with Crippen molar-refractivity contribution in [2.45, 2.75) is 32.3 Å². The molecule has 0 radical (unpaired) electrons. The second kappa shape index (κ2) is 9.32. The highest BCUT2D eigenvalue weighted by molar-refractivity contribution is 6.06. The number of hydrogen-bond donors (Lipinski definition) is 0. The van der Waals surface area contributed by atoms with Gasteiger partial charge in [0.25, 0.3) is 5.91 Å². The number of likely N-dealkylation sites (tertiary alicyclic amines) is 1. The first-order chi connectivity index (χ1) is 14.9. The van der Waals surface area contributed by atoms with Gasteiger partial charge in [-0.25, -0.2) is 0 Å². The molecule has 2 aliphatic heterocycles. The Balaban J connectivity index is 1.57. The Morgan fingerprint density at radius 2 is 1.84 bits per heavy atom. The minimum atomic E-state index is 0.0192. The van der Waals surface area contributed by atoms with Crippen molar-refractivity contribution in [2.24, 2.45) is 0 Å². The van der Waals surface area contributed by atoms with E-state index in [0.717, 1.165) is 54.8 Å². The van der Waals surface area contributed by atoms with Crippen molar-refractivity contribution in [2.75, 3.05) is 52.9 Å². The van der Waals surface area contributed by atoms with Gasteiger partial charge in [-0.15, -0.1) is 0 Å². The largest absolute Gasteiger partial charge is 0.369 e. The number of amides is 2. The van der Waals surface area contributed by atoms with Crippen molar-refractivity contribution >= 4 is 22.7 Å². The summed E-state index contributed by atoms with van der Waals surface area (Å²) in [5, 5.41) is 0.895. The van der Waals surface area contributed by atoms with Crippen molar-refractivity contribution in [1.82, 2.24) is 19.7 Å². The molecule has 4 rings (SSSR count). The van der Waals surface area contributed by atoms with Crippen molar-refractivity contribution < 1.29 is 14.3 Å². The lowest BCUT2D eigenvalue weighted by Gasteiger charge is -2.32. The van der Waals surface area contributed by atoms with E-state index in [9.17, 15) is 9.59 Å². The van der Waals surface area contributed by atoms with Gasteiger partial charge in [0.15, 0.2) is 0 Å². The Morgan fingerprint density at radius 1 is 1.10 bits per heavy atom. The predicted octanol–water partition coefficient (Wildman–Crippen LogP) is 2.36. The predicted molar refractivity (Wildman–Crippen MR) is 120 cm³/mol. The first-order valence-electron chi connectivity index (χ1n) is 11.2. The van der Waals surface area contributed by atoms with Gasteiger partial charge in [-0.05, 0) is 39.4 Å². The molecule has 31 heavy (non-hydrogen) atoms. The molecule has 0 aliphatic carbocycles. The summed E-state index contributed by atoms with van der Waals surface area (Å²) >= 11 is 0. The fraction of sp³-hybridized carbons (Fsp3) is 0.542. The molecular formula is C24H32N4O3. The maximum Gasteiger partial charge on any atom is 0.254 e. The van der Waals surface area contributed by atoms with E-state index in [0.29, 0.717) is 13.1 Å². The topological polar surface area (TPSA) is 66.0 Å². The van der Waals surface area contributed by atoms with Gasteiger partial charge in [-0.1, -0.05) is 18.2 Å². The third-order valence-electron chi connectivity index (χ3n) is 6.26. The van der Waals surface area contributed by atoms with E-state index in [1.54, 1.807) is 0 Å². The highest BCUT2D eigenvalue weighted by Gasteiger charge is 2.30. The average molecular weight is 425 g/mol. The van der Waals surface area contributed by atoms with Crippen LogP contribution < -0.4 is 0 Å². The summed E-state index contributed by atoms with van der Waals surface area (Å²) in [4.78, 5) is 36.8. The maximum atomic E-state index is 13.4. The SMILES string of the molecule is CC(C)OCC(=O)N1CCC(c2cc(C(=O)N3CCN(C)CC3)c3ccccc3n2)C1. The van der Waals surface area contributed by atoms with Crippen LogP contribution in [0.25, 0.3) is 10.9 Å². The van der Waals surface area contributed by atoms with Crippen LogP contribution in [0.1, 0.15) is 42.2 Å². The number of carbonyl (C=O) groups is 2. The zero-order chi connectivity index (χ0) is 22.0. The Kier molecular flexibility index (Phi) is 6.53. The van der Waals surface area contributed by atoms with Crippen LogP contribution in [0.3, 0.4) is 0 Å². The molecule has 1 aromatic carbocycles. The van der Waals surface area contributed by atoms with Crippen LogP contribution in [0.2, 0.25) is 0 Å². The van der Waals surface area contributed by atoms with Gasteiger partial charge >= 0.3 is 0 Å². The van der Waals surface area contributed by atoms with Crippen LogP contribution in [0.4, 0.5) is 0 Å². The molecule has 1 aromatic heterocycles. The molecule has 2 amide bonds.